The predicted molar refractivity (Wildman–Crippen MR) is 136 cm³/mol. The molecular formula is C25H25N5O5S. The van der Waals surface area contributed by atoms with Gasteiger partial charge in [-0.25, -0.2) is 4.98 Å². The summed E-state index contributed by atoms with van der Waals surface area (Å²) >= 11 is 1.52. The minimum Gasteiger partial charge on any atom is -0.493 e. The molecule has 1 aliphatic carbocycles. The number of carbonyl (C=O) groups is 1. The molecule has 4 aromatic rings. The van der Waals surface area contributed by atoms with E-state index in [2.05, 4.69) is 15.4 Å². The third kappa shape index (κ3) is 4.33. The van der Waals surface area contributed by atoms with Crippen LogP contribution in [0.5, 0.6) is 17.2 Å². The Hall–Kier alpha value is -4.12. The van der Waals surface area contributed by atoms with Gasteiger partial charge in [0, 0.05) is 17.2 Å². The average Bonchev–Trinajstić information content (AvgIpc) is 3.58. The molecule has 0 saturated heterocycles. The van der Waals surface area contributed by atoms with E-state index in [0.29, 0.717) is 40.7 Å². The standard InChI is InChI=1S/C25H25N5O5S/c1-33-18-11-14(12-19(34-2)22(18)35-3)23(31)27-21-13-17(20-9-6-10-36-20)29-30(21)25-26-16-8-5-4-7-15(16)24(32)28-25/h6,9-13H,4-5,7-8H2,1-3H3,(H,27,31)(H,26,28,32). The molecule has 0 unspecified atom stereocenters. The molecule has 10 nitrogen and oxygen atoms in total. The second-order valence-corrected chi connectivity index (χ2v) is 9.14. The van der Waals surface area contributed by atoms with Crippen molar-refractivity contribution >= 4 is 23.1 Å². The number of aromatic amines is 1. The summed E-state index contributed by atoms with van der Waals surface area (Å²) < 4.78 is 17.6. The van der Waals surface area contributed by atoms with E-state index >= 15 is 0 Å². The van der Waals surface area contributed by atoms with E-state index in [-0.39, 0.29) is 11.5 Å². The van der Waals surface area contributed by atoms with E-state index in [1.165, 1.54) is 37.3 Å². The summed E-state index contributed by atoms with van der Waals surface area (Å²) in [5, 5.41) is 9.51. The molecule has 0 fully saturated rings. The second kappa shape index (κ2) is 9.86. The van der Waals surface area contributed by atoms with Crippen LogP contribution < -0.4 is 25.1 Å². The first-order valence-electron chi connectivity index (χ1n) is 11.4. The number of methoxy groups -OCH3 is 3. The van der Waals surface area contributed by atoms with Crippen LogP contribution in [-0.2, 0) is 12.8 Å². The van der Waals surface area contributed by atoms with Crippen molar-refractivity contribution in [2.24, 2.45) is 0 Å². The number of nitrogens with one attached hydrogen (secondary N) is 2. The fourth-order valence-electron chi connectivity index (χ4n) is 4.27. The molecule has 1 amide bonds. The molecule has 11 heteroatoms. The van der Waals surface area contributed by atoms with Gasteiger partial charge in [0.15, 0.2) is 11.5 Å². The van der Waals surface area contributed by atoms with Gasteiger partial charge in [-0.3, -0.25) is 14.6 Å². The Morgan fingerprint density at radius 2 is 1.83 bits per heavy atom. The van der Waals surface area contributed by atoms with Crippen molar-refractivity contribution in [1.82, 2.24) is 19.7 Å². The Bertz CT molecular complexity index is 1450. The number of H-pyrrole nitrogens is 1. The van der Waals surface area contributed by atoms with E-state index in [9.17, 15) is 9.59 Å². The first-order chi connectivity index (χ1) is 17.5. The number of aryl methyl sites for hydroxylation is 1. The number of amides is 1. The van der Waals surface area contributed by atoms with Crippen LogP contribution in [-0.4, -0.2) is 47.0 Å². The van der Waals surface area contributed by atoms with Gasteiger partial charge in [-0.15, -0.1) is 11.3 Å². The van der Waals surface area contributed by atoms with Gasteiger partial charge in [0.1, 0.15) is 11.5 Å². The zero-order chi connectivity index (χ0) is 25.2. The van der Waals surface area contributed by atoms with Crippen molar-refractivity contribution in [1.29, 1.82) is 0 Å². The number of benzene rings is 1. The van der Waals surface area contributed by atoms with Crippen molar-refractivity contribution < 1.29 is 19.0 Å². The highest BCUT2D eigenvalue weighted by Crippen LogP contribution is 2.38. The lowest BCUT2D eigenvalue weighted by atomic mass is 9.97. The maximum atomic E-state index is 13.3. The summed E-state index contributed by atoms with van der Waals surface area (Å²) in [6, 6.07) is 8.74. The Balaban J connectivity index is 1.57. The van der Waals surface area contributed by atoms with Gasteiger partial charge in [-0.05, 0) is 49.3 Å². The topological polar surface area (TPSA) is 120 Å². The van der Waals surface area contributed by atoms with Crippen molar-refractivity contribution in [3.63, 3.8) is 0 Å². The van der Waals surface area contributed by atoms with E-state index in [0.717, 1.165) is 35.4 Å². The van der Waals surface area contributed by atoms with Crippen LogP contribution in [0, 0.1) is 0 Å². The van der Waals surface area contributed by atoms with Crippen molar-refractivity contribution in [3.8, 4) is 33.8 Å². The van der Waals surface area contributed by atoms with Crippen LogP contribution in [0.1, 0.15) is 34.5 Å². The number of fused-ring (bicyclic) bond motifs is 1. The molecule has 3 aromatic heterocycles. The number of aromatic nitrogens is 4. The molecule has 0 spiro atoms. The monoisotopic (exact) mass is 507 g/mol. The molecule has 5 rings (SSSR count). The van der Waals surface area contributed by atoms with Gasteiger partial charge in [-0.2, -0.15) is 9.78 Å². The summed E-state index contributed by atoms with van der Waals surface area (Å²) in [5.74, 6) is 1.29. The Morgan fingerprint density at radius 1 is 1.08 bits per heavy atom. The van der Waals surface area contributed by atoms with Crippen LogP contribution in [0.3, 0.4) is 0 Å². The fourth-order valence-corrected chi connectivity index (χ4v) is 4.95. The highest BCUT2D eigenvalue weighted by molar-refractivity contribution is 7.13. The number of hydrogen-bond donors (Lipinski definition) is 2. The molecule has 36 heavy (non-hydrogen) atoms. The second-order valence-electron chi connectivity index (χ2n) is 8.19. The minimum atomic E-state index is -0.423. The Labute approximate surface area is 210 Å². The molecule has 0 aliphatic heterocycles. The summed E-state index contributed by atoms with van der Waals surface area (Å²) in [5.41, 5.74) is 2.26. The van der Waals surface area contributed by atoms with Crippen molar-refractivity contribution in [2.45, 2.75) is 25.7 Å². The highest BCUT2D eigenvalue weighted by Gasteiger charge is 2.22. The lowest BCUT2D eigenvalue weighted by Gasteiger charge is -2.16. The third-order valence-corrected chi connectivity index (χ3v) is 6.92. The SMILES string of the molecule is COc1cc(C(=O)Nc2cc(-c3cccs3)nn2-c2nc3c(c(=O)[nH]2)CCCC3)cc(OC)c1OC. The summed E-state index contributed by atoms with van der Waals surface area (Å²) in [6.45, 7) is 0. The predicted octanol–water partition coefficient (Wildman–Crippen LogP) is 3.84. The molecular weight excluding hydrogens is 482 g/mol. The number of anilines is 1. The Morgan fingerprint density at radius 3 is 2.50 bits per heavy atom. The van der Waals surface area contributed by atoms with Gasteiger partial charge < -0.3 is 19.5 Å². The number of rotatable bonds is 7. The maximum absolute atomic E-state index is 13.3. The van der Waals surface area contributed by atoms with Crippen LogP contribution in [0.15, 0.2) is 40.5 Å². The molecule has 3 heterocycles. The molecule has 0 radical (unpaired) electrons. The quantitative estimate of drug-likeness (QED) is 0.390. The van der Waals surface area contributed by atoms with Gasteiger partial charge in [0.2, 0.25) is 11.7 Å². The van der Waals surface area contributed by atoms with E-state index in [4.69, 9.17) is 19.2 Å². The minimum absolute atomic E-state index is 0.176. The van der Waals surface area contributed by atoms with Crippen LogP contribution in [0.25, 0.3) is 16.5 Å². The van der Waals surface area contributed by atoms with Gasteiger partial charge in [0.05, 0.1) is 31.9 Å². The molecule has 0 atom stereocenters. The van der Waals surface area contributed by atoms with Crippen molar-refractivity contribution in [3.05, 3.63) is 62.9 Å². The highest BCUT2D eigenvalue weighted by atomic mass is 32.1. The molecule has 1 aliphatic rings. The number of nitrogens with zero attached hydrogens (tertiary/aromatic N) is 3. The molecule has 0 saturated carbocycles. The fraction of sp³-hybridized carbons (Fsp3) is 0.280. The zero-order valence-corrected chi connectivity index (χ0v) is 20.9. The van der Waals surface area contributed by atoms with E-state index in [1.807, 2.05) is 17.5 Å². The van der Waals surface area contributed by atoms with Gasteiger partial charge in [0.25, 0.3) is 11.5 Å². The molecule has 0 bridgehead atoms. The summed E-state index contributed by atoms with van der Waals surface area (Å²) in [7, 11) is 4.47. The van der Waals surface area contributed by atoms with Gasteiger partial charge >= 0.3 is 0 Å². The van der Waals surface area contributed by atoms with E-state index in [1.54, 1.807) is 18.2 Å². The lowest BCUT2D eigenvalue weighted by Crippen LogP contribution is -2.24. The maximum Gasteiger partial charge on any atom is 0.257 e. The normalized spacial score (nSPS) is 12.6. The largest absolute Gasteiger partial charge is 0.493 e. The number of carbonyl (C=O) groups excluding carboxylic acids is 1. The van der Waals surface area contributed by atoms with E-state index < -0.39 is 5.91 Å². The first kappa shape index (κ1) is 23.6. The number of thiophene rings is 1. The first-order valence-corrected chi connectivity index (χ1v) is 12.3. The van der Waals surface area contributed by atoms with Crippen molar-refractivity contribution in [2.75, 3.05) is 26.6 Å². The van der Waals surface area contributed by atoms with Crippen LogP contribution in [0.2, 0.25) is 0 Å². The van der Waals surface area contributed by atoms with Crippen LogP contribution in [0.4, 0.5) is 5.82 Å². The lowest BCUT2D eigenvalue weighted by molar-refractivity contribution is 0.102. The average molecular weight is 508 g/mol. The summed E-state index contributed by atoms with van der Waals surface area (Å²) in [4.78, 5) is 34.6. The molecule has 2 N–H and O–H groups in total. The Kier molecular flexibility index (Phi) is 6.47. The molecule has 186 valence electrons. The summed E-state index contributed by atoms with van der Waals surface area (Å²) in [6.07, 6.45) is 3.39. The third-order valence-electron chi connectivity index (χ3n) is 6.03. The number of hydrogen-bond acceptors (Lipinski definition) is 8. The van der Waals surface area contributed by atoms with Gasteiger partial charge in [-0.1, -0.05) is 6.07 Å². The molecule has 1 aromatic carbocycles. The van der Waals surface area contributed by atoms with Crippen LogP contribution >= 0.6 is 11.3 Å². The smallest absolute Gasteiger partial charge is 0.257 e. The zero-order valence-electron chi connectivity index (χ0n) is 20.1. The number of ether oxygens (including phenoxy) is 3.